The van der Waals surface area contributed by atoms with Gasteiger partial charge in [-0.1, -0.05) is 18.2 Å². The molecule has 0 unspecified atom stereocenters. The van der Waals surface area contributed by atoms with Crippen LogP contribution in [0.4, 0.5) is 11.4 Å². The molecule has 2 aliphatic heterocycles. The summed E-state index contributed by atoms with van der Waals surface area (Å²) in [5, 5.41) is 0. The maximum Gasteiger partial charge on any atom is 0.241 e. The largest absolute Gasteiger partial charge is 0.369 e. The van der Waals surface area contributed by atoms with E-state index in [1.807, 2.05) is 47.4 Å². The number of Topliss-reactive ketones (excluding diaryl/α,β-unsaturated/α-hetero) is 1. The lowest BCUT2D eigenvalue weighted by molar-refractivity contribution is -0.119. The molecular formula is C22H25N3O2. The number of amides is 1. The normalized spacial score (nSPS) is 17.1. The van der Waals surface area contributed by atoms with Gasteiger partial charge in [-0.15, -0.1) is 0 Å². The van der Waals surface area contributed by atoms with Gasteiger partial charge in [0.1, 0.15) is 0 Å². The number of ketones is 1. The van der Waals surface area contributed by atoms with Crippen LogP contribution in [0.5, 0.6) is 0 Å². The number of hydrogen-bond donors (Lipinski definition) is 0. The van der Waals surface area contributed by atoms with E-state index in [-0.39, 0.29) is 11.7 Å². The van der Waals surface area contributed by atoms with Gasteiger partial charge in [0.2, 0.25) is 5.91 Å². The van der Waals surface area contributed by atoms with E-state index in [0.29, 0.717) is 6.54 Å². The van der Waals surface area contributed by atoms with E-state index in [0.717, 1.165) is 56.1 Å². The first-order valence-electron chi connectivity index (χ1n) is 9.58. The molecule has 140 valence electrons. The Hall–Kier alpha value is -2.66. The van der Waals surface area contributed by atoms with Crippen molar-refractivity contribution < 1.29 is 9.59 Å². The maximum absolute atomic E-state index is 12.8. The van der Waals surface area contributed by atoms with Gasteiger partial charge in [0.25, 0.3) is 0 Å². The van der Waals surface area contributed by atoms with Crippen LogP contribution in [0.3, 0.4) is 0 Å². The highest BCUT2D eigenvalue weighted by Crippen LogP contribution is 2.27. The molecule has 0 aromatic heterocycles. The Morgan fingerprint density at radius 3 is 2.30 bits per heavy atom. The lowest BCUT2D eigenvalue weighted by Gasteiger charge is -2.36. The number of carbonyl (C=O) groups excluding carboxylic acids is 2. The van der Waals surface area contributed by atoms with Crippen LogP contribution in [0.25, 0.3) is 0 Å². The van der Waals surface area contributed by atoms with E-state index in [4.69, 9.17) is 0 Å². The minimum Gasteiger partial charge on any atom is -0.369 e. The van der Waals surface area contributed by atoms with Gasteiger partial charge < -0.3 is 9.80 Å². The van der Waals surface area contributed by atoms with E-state index in [1.54, 1.807) is 6.92 Å². The summed E-state index contributed by atoms with van der Waals surface area (Å²) in [6.07, 6.45) is 0.950. The molecule has 5 heteroatoms. The van der Waals surface area contributed by atoms with Crippen LogP contribution in [0.2, 0.25) is 0 Å². The minimum atomic E-state index is 0.0911. The first kappa shape index (κ1) is 17.7. The van der Waals surface area contributed by atoms with Crippen molar-refractivity contribution in [1.29, 1.82) is 0 Å². The van der Waals surface area contributed by atoms with Gasteiger partial charge in [-0.25, -0.2) is 0 Å². The van der Waals surface area contributed by atoms with Gasteiger partial charge in [0, 0.05) is 49.7 Å². The molecule has 4 rings (SSSR count). The Morgan fingerprint density at radius 1 is 0.889 bits per heavy atom. The summed E-state index contributed by atoms with van der Waals surface area (Å²) in [6.45, 7) is 6.38. The van der Waals surface area contributed by atoms with Gasteiger partial charge >= 0.3 is 0 Å². The van der Waals surface area contributed by atoms with Crippen LogP contribution in [0.1, 0.15) is 22.8 Å². The highest BCUT2D eigenvalue weighted by molar-refractivity contribution is 5.96. The summed E-state index contributed by atoms with van der Waals surface area (Å²) in [7, 11) is 0. The topological polar surface area (TPSA) is 43.9 Å². The van der Waals surface area contributed by atoms with Crippen LogP contribution in [0.15, 0.2) is 48.5 Å². The second kappa shape index (κ2) is 7.53. The number of carbonyl (C=O) groups is 2. The minimum absolute atomic E-state index is 0.0911. The Morgan fingerprint density at radius 2 is 1.59 bits per heavy atom. The van der Waals surface area contributed by atoms with Crippen molar-refractivity contribution in [1.82, 2.24) is 4.90 Å². The van der Waals surface area contributed by atoms with Crippen LogP contribution in [-0.2, 0) is 11.2 Å². The molecule has 5 nitrogen and oxygen atoms in total. The van der Waals surface area contributed by atoms with E-state index in [2.05, 4.69) is 15.9 Å². The number of benzene rings is 2. The molecule has 0 bridgehead atoms. The summed E-state index contributed by atoms with van der Waals surface area (Å²) < 4.78 is 0. The predicted octanol–water partition coefficient (Wildman–Crippen LogP) is 2.60. The Balaban J connectivity index is 1.32. The van der Waals surface area contributed by atoms with Crippen molar-refractivity contribution in [2.45, 2.75) is 13.3 Å². The Kier molecular flexibility index (Phi) is 4.94. The van der Waals surface area contributed by atoms with Crippen molar-refractivity contribution in [2.24, 2.45) is 0 Å². The van der Waals surface area contributed by atoms with E-state index in [1.165, 1.54) is 5.56 Å². The summed E-state index contributed by atoms with van der Waals surface area (Å²) in [5.74, 6) is 0.285. The standard InChI is InChI=1S/C22H25N3O2/c1-17(26)18-6-8-20(9-7-18)24-14-12-23(13-15-24)16-22(27)25-11-10-19-4-2-3-5-21(19)25/h2-9H,10-16H2,1H3. The number of hydrogen-bond acceptors (Lipinski definition) is 4. The zero-order chi connectivity index (χ0) is 18.8. The highest BCUT2D eigenvalue weighted by Gasteiger charge is 2.27. The van der Waals surface area contributed by atoms with E-state index >= 15 is 0 Å². The van der Waals surface area contributed by atoms with Crippen LogP contribution in [-0.4, -0.2) is 55.9 Å². The fraction of sp³-hybridized carbons (Fsp3) is 0.364. The van der Waals surface area contributed by atoms with E-state index < -0.39 is 0 Å². The number of piperazine rings is 1. The summed E-state index contributed by atoms with van der Waals surface area (Å²) in [6, 6.07) is 16.0. The molecule has 27 heavy (non-hydrogen) atoms. The van der Waals surface area contributed by atoms with Crippen LogP contribution < -0.4 is 9.80 Å². The third kappa shape index (κ3) is 3.74. The Labute approximate surface area is 160 Å². The zero-order valence-electron chi connectivity index (χ0n) is 15.7. The zero-order valence-corrected chi connectivity index (χ0v) is 15.7. The van der Waals surface area contributed by atoms with Gasteiger partial charge in [-0.2, -0.15) is 0 Å². The van der Waals surface area contributed by atoms with E-state index in [9.17, 15) is 9.59 Å². The number of nitrogens with zero attached hydrogens (tertiary/aromatic N) is 3. The number of rotatable bonds is 4. The van der Waals surface area contributed by atoms with Gasteiger partial charge in [0.15, 0.2) is 5.78 Å². The smallest absolute Gasteiger partial charge is 0.241 e. The number of anilines is 2. The molecule has 0 aliphatic carbocycles. The maximum atomic E-state index is 12.8. The van der Waals surface area contributed by atoms with Crippen molar-refractivity contribution >= 4 is 23.1 Å². The Bertz CT molecular complexity index is 839. The monoisotopic (exact) mass is 363 g/mol. The molecule has 0 spiro atoms. The number of para-hydroxylation sites is 1. The molecule has 2 aromatic carbocycles. The SMILES string of the molecule is CC(=O)c1ccc(N2CCN(CC(=O)N3CCc4ccccc43)CC2)cc1. The molecule has 2 aromatic rings. The average molecular weight is 363 g/mol. The molecule has 0 radical (unpaired) electrons. The van der Waals surface area contributed by atoms with Crippen molar-refractivity contribution in [2.75, 3.05) is 49.1 Å². The second-order valence-electron chi connectivity index (χ2n) is 7.29. The van der Waals surface area contributed by atoms with Gasteiger partial charge in [0.05, 0.1) is 6.54 Å². The average Bonchev–Trinajstić information content (AvgIpc) is 3.13. The second-order valence-corrected chi connectivity index (χ2v) is 7.29. The molecule has 1 fully saturated rings. The predicted molar refractivity (Wildman–Crippen MR) is 108 cm³/mol. The van der Waals surface area contributed by atoms with Gasteiger partial charge in [-0.3, -0.25) is 14.5 Å². The molecule has 0 saturated carbocycles. The third-order valence-electron chi connectivity index (χ3n) is 5.56. The third-order valence-corrected chi connectivity index (χ3v) is 5.56. The van der Waals surface area contributed by atoms with Crippen LogP contribution in [0, 0.1) is 0 Å². The molecule has 0 atom stereocenters. The van der Waals surface area contributed by atoms with Crippen LogP contribution >= 0.6 is 0 Å². The van der Waals surface area contributed by atoms with Gasteiger partial charge in [-0.05, 0) is 49.2 Å². The lowest BCUT2D eigenvalue weighted by Crippen LogP contribution is -2.50. The molecule has 2 aliphatic rings. The molecule has 1 amide bonds. The quantitative estimate of drug-likeness (QED) is 0.784. The summed E-state index contributed by atoms with van der Waals surface area (Å²) in [5.41, 5.74) is 4.23. The molecule has 0 N–H and O–H groups in total. The van der Waals surface area contributed by atoms with Crippen molar-refractivity contribution in [3.05, 3.63) is 59.7 Å². The summed E-state index contributed by atoms with van der Waals surface area (Å²) >= 11 is 0. The molecule has 2 heterocycles. The number of fused-ring (bicyclic) bond motifs is 1. The summed E-state index contributed by atoms with van der Waals surface area (Å²) in [4.78, 5) is 30.7. The van der Waals surface area contributed by atoms with Crippen molar-refractivity contribution in [3.63, 3.8) is 0 Å². The fourth-order valence-corrected chi connectivity index (χ4v) is 3.95. The van der Waals surface area contributed by atoms with Crippen molar-refractivity contribution in [3.8, 4) is 0 Å². The lowest BCUT2D eigenvalue weighted by atomic mass is 10.1. The molecular weight excluding hydrogens is 338 g/mol. The fourth-order valence-electron chi connectivity index (χ4n) is 3.95. The first-order valence-corrected chi connectivity index (χ1v) is 9.58. The first-order chi connectivity index (χ1) is 13.1. The molecule has 1 saturated heterocycles. The highest BCUT2D eigenvalue weighted by atomic mass is 16.2.